The van der Waals surface area contributed by atoms with Gasteiger partial charge in [-0.3, -0.25) is 4.79 Å². The molecule has 1 saturated heterocycles. The van der Waals surface area contributed by atoms with Crippen molar-refractivity contribution >= 4 is 5.91 Å². The zero-order valence-corrected chi connectivity index (χ0v) is 17.9. The Balaban J connectivity index is 0.975. The summed E-state index contributed by atoms with van der Waals surface area (Å²) in [4.78, 5) is 15.0. The first kappa shape index (κ1) is 19.7. The van der Waals surface area contributed by atoms with Gasteiger partial charge < -0.3 is 19.2 Å². The van der Waals surface area contributed by atoms with Gasteiger partial charge in [0.15, 0.2) is 0 Å². The van der Waals surface area contributed by atoms with E-state index in [0.29, 0.717) is 17.5 Å². The summed E-state index contributed by atoms with van der Waals surface area (Å²) >= 11 is 0. The average molecular weight is 434 g/mol. The Morgan fingerprint density at radius 2 is 1.81 bits per heavy atom. The van der Waals surface area contributed by atoms with Gasteiger partial charge in [0.25, 0.3) is 5.91 Å². The Morgan fingerprint density at radius 1 is 1.06 bits per heavy atom. The Kier molecular flexibility index (Phi) is 5.02. The first-order valence-corrected chi connectivity index (χ1v) is 11.6. The molecular weight excluding hydrogens is 406 g/mol. The van der Waals surface area contributed by atoms with Crippen LogP contribution < -0.4 is 5.32 Å². The summed E-state index contributed by atoms with van der Waals surface area (Å²) in [5.74, 6) is 2.94. The zero-order valence-electron chi connectivity index (χ0n) is 17.9. The van der Waals surface area contributed by atoms with Gasteiger partial charge in [0.05, 0.1) is 5.92 Å². The lowest BCUT2D eigenvalue weighted by Crippen LogP contribution is -2.48. The molecule has 2 aliphatic carbocycles. The molecule has 8 heteroatoms. The molecule has 0 spiro atoms. The minimum absolute atomic E-state index is 0.0785. The minimum Gasteiger partial charge on any atom is -0.425 e. The van der Waals surface area contributed by atoms with Crippen LogP contribution in [0.5, 0.6) is 0 Å². The fourth-order valence-corrected chi connectivity index (χ4v) is 4.81. The number of nitrogens with one attached hydrogen (secondary N) is 1. The van der Waals surface area contributed by atoms with Crippen LogP contribution in [0.25, 0.3) is 11.3 Å². The number of hydrogen-bond acceptors (Lipinski definition) is 7. The predicted octanol–water partition coefficient (Wildman–Crippen LogP) is 3.60. The van der Waals surface area contributed by atoms with Gasteiger partial charge in [0.1, 0.15) is 5.69 Å². The number of aromatic nitrogens is 3. The van der Waals surface area contributed by atoms with Gasteiger partial charge in [-0.15, -0.1) is 10.2 Å². The van der Waals surface area contributed by atoms with Crippen molar-refractivity contribution in [2.45, 2.75) is 50.0 Å². The minimum atomic E-state index is -0.240. The molecule has 3 aliphatic rings. The second kappa shape index (κ2) is 8.16. The number of nitrogens with zero attached hydrogens (tertiary/aromatic N) is 4. The maximum absolute atomic E-state index is 12.5. The fourth-order valence-electron chi connectivity index (χ4n) is 4.81. The van der Waals surface area contributed by atoms with Gasteiger partial charge >= 0.3 is 0 Å². The number of benzene rings is 1. The van der Waals surface area contributed by atoms with E-state index in [1.807, 2.05) is 30.3 Å². The monoisotopic (exact) mass is 433 g/mol. The van der Waals surface area contributed by atoms with Crippen molar-refractivity contribution < 1.29 is 13.7 Å². The van der Waals surface area contributed by atoms with Crippen molar-refractivity contribution in [3.8, 4) is 11.3 Å². The van der Waals surface area contributed by atoms with Gasteiger partial charge in [0, 0.05) is 43.2 Å². The molecule has 32 heavy (non-hydrogen) atoms. The highest BCUT2D eigenvalue weighted by Gasteiger charge is 2.38. The molecule has 3 aromatic rings. The van der Waals surface area contributed by atoms with Crippen molar-refractivity contribution in [3.63, 3.8) is 0 Å². The first-order chi connectivity index (χ1) is 15.7. The second-order valence-electron chi connectivity index (χ2n) is 9.47. The van der Waals surface area contributed by atoms with Crippen molar-refractivity contribution in [3.05, 3.63) is 53.9 Å². The lowest BCUT2D eigenvalue weighted by atomic mass is 9.80. The van der Waals surface area contributed by atoms with E-state index in [0.717, 1.165) is 43.3 Å². The molecule has 1 aliphatic heterocycles. The molecule has 0 bridgehead atoms. The van der Waals surface area contributed by atoms with Gasteiger partial charge in [-0.05, 0) is 31.6 Å². The van der Waals surface area contributed by atoms with Crippen LogP contribution >= 0.6 is 0 Å². The quantitative estimate of drug-likeness (QED) is 0.608. The molecule has 0 radical (unpaired) electrons. The Morgan fingerprint density at radius 3 is 2.53 bits per heavy atom. The Bertz CT molecular complexity index is 1080. The molecule has 166 valence electrons. The van der Waals surface area contributed by atoms with E-state index in [2.05, 4.69) is 25.6 Å². The van der Waals surface area contributed by atoms with E-state index in [1.165, 1.54) is 25.8 Å². The largest absolute Gasteiger partial charge is 0.425 e. The van der Waals surface area contributed by atoms with Gasteiger partial charge in [0.2, 0.25) is 17.5 Å². The molecule has 2 saturated carbocycles. The third kappa shape index (κ3) is 3.83. The lowest BCUT2D eigenvalue weighted by molar-refractivity contribution is 0.0838. The molecule has 2 aromatic heterocycles. The number of carbonyl (C=O) groups is 1. The van der Waals surface area contributed by atoms with Crippen LogP contribution in [0.2, 0.25) is 0 Å². The highest BCUT2D eigenvalue weighted by molar-refractivity contribution is 5.92. The first-order valence-electron chi connectivity index (χ1n) is 11.6. The maximum Gasteiger partial charge on any atom is 0.290 e. The zero-order chi connectivity index (χ0) is 21.5. The van der Waals surface area contributed by atoms with Crippen LogP contribution in [-0.2, 0) is 0 Å². The molecule has 3 fully saturated rings. The van der Waals surface area contributed by atoms with Gasteiger partial charge in [-0.1, -0.05) is 41.9 Å². The molecule has 8 nitrogen and oxygen atoms in total. The van der Waals surface area contributed by atoms with Crippen LogP contribution in [0.4, 0.5) is 0 Å². The van der Waals surface area contributed by atoms with Crippen molar-refractivity contribution in [2.75, 3.05) is 19.6 Å². The van der Waals surface area contributed by atoms with E-state index in [4.69, 9.17) is 8.94 Å². The summed E-state index contributed by atoms with van der Waals surface area (Å²) in [5, 5.41) is 15.6. The van der Waals surface area contributed by atoms with Crippen LogP contribution in [0, 0.1) is 5.92 Å². The molecule has 1 aromatic carbocycles. The SMILES string of the molecule is O=C(NC1CC(c2nnc(C3CN(CC4CCC4)C3)o2)C1)c1cc(-c2ccccc2)no1. The molecule has 0 unspecified atom stereocenters. The smallest absolute Gasteiger partial charge is 0.290 e. The topological polar surface area (TPSA) is 97.3 Å². The number of hydrogen-bond donors (Lipinski definition) is 1. The van der Waals surface area contributed by atoms with Gasteiger partial charge in [-0.2, -0.15) is 0 Å². The summed E-state index contributed by atoms with van der Waals surface area (Å²) in [6.07, 6.45) is 5.76. The van der Waals surface area contributed by atoms with Crippen molar-refractivity contribution in [1.29, 1.82) is 0 Å². The molecule has 6 rings (SSSR count). The molecule has 3 heterocycles. The lowest BCUT2D eigenvalue weighted by Gasteiger charge is -2.41. The molecular formula is C24H27N5O3. The van der Waals surface area contributed by atoms with E-state index in [-0.39, 0.29) is 23.6 Å². The van der Waals surface area contributed by atoms with E-state index >= 15 is 0 Å². The number of carbonyl (C=O) groups excluding carboxylic acids is 1. The van der Waals surface area contributed by atoms with E-state index in [1.54, 1.807) is 6.07 Å². The number of rotatable bonds is 7. The normalized spacial score (nSPS) is 23.9. The van der Waals surface area contributed by atoms with E-state index < -0.39 is 0 Å². The second-order valence-corrected chi connectivity index (χ2v) is 9.47. The number of amides is 1. The Labute approximate surface area is 186 Å². The van der Waals surface area contributed by atoms with Crippen molar-refractivity contribution in [1.82, 2.24) is 25.6 Å². The fraction of sp³-hybridized carbons (Fsp3) is 0.500. The predicted molar refractivity (Wildman–Crippen MR) is 116 cm³/mol. The summed E-state index contributed by atoms with van der Waals surface area (Å²) in [6.45, 7) is 3.28. The summed E-state index contributed by atoms with van der Waals surface area (Å²) in [6, 6.07) is 11.4. The number of likely N-dealkylation sites (tertiary alicyclic amines) is 1. The van der Waals surface area contributed by atoms with Crippen LogP contribution in [0.15, 0.2) is 45.3 Å². The molecule has 0 atom stereocenters. The van der Waals surface area contributed by atoms with Crippen LogP contribution in [0.3, 0.4) is 0 Å². The average Bonchev–Trinajstić information content (AvgIpc) is 3.39. The summed E-state index contributed by atoms with van der Waals surface area (Å²) < 4.78 is 11.2. The summed E-state index contributed by atoms with van der Waals surface area (Å²) in [5.41, 5.74) is 1.58. The maximum atomic E-state index is 12.5. The van der Waals surface area contributed by atoms with Crippen LogP contribution in [-0.4, -0.2) is 51.8 Å². The van der Waals surface area contributed by atoms with Crippen molar-refractivity contribution in [2.24, 2.45) is 5.92 Å². The summed E-state index contributed by atoms with van der Waals surface area (Å²) in [7, 11) is 0. The molecule has 1 amide bonds. The highest BCUT2D eigenvalue weighted by Crippen LogP contribution is 2.38. The molecule has 1 N–H and O–H groups in total. The third-order valence-electron chi connectivity index (χ3n) is 7.13. The van der Waals surface area contributed by atoms with Gasteiger partial charge in [-0.25, -0.2) is 0 Å². The van der Waals surface area contributed by atoms with E-state index in [9.17, 15) is 4.79 Å². The highest BCUT2D eigenvalue weighted by atomic mass is 16.5. The third-order valence-corrected chi connectivity index (χ3v) is 7.13. The van der Waals surface area contributed by atoms with Crippen LogP contribution in [0.1, 0.15) is 66.3 Å². The Hall–Kier alpha value is -3.00. The standard InChI is InChI=1S/C24H27N5O3/c30-22(21-11-20(28-32-21)16-7-2-1-3-8-16)25-19-9-17(10-19)23-26-27-24(31-23)18-13-29(14-18)12-15-5-4-6-15/h1-3,7-8,11,15,17-19H,4-6,9-10,12-14H2,(H,25,30).